The quantitative estimate of drug-likeness (QED) is 0.669. The van der Waals surface area contributed by atoms with Crippen LogP contribution in [0.2, 0.25) is 0 Å². The molecule has 0 amide bonds. The maximum Gasteiger partial charge on any atom is 0.0540 e. The lowest BCUT2D eigenvalue weighted by molar-refractivity contribution is 1.07. The van der Waals surface area contributed by atoms with E-state index in [0.717, 1.165) is 11.0 Å². The van der Waals surface area contributed by atoms with E-state index in [0.29, 0.717) is 0 Å². The highest BCUT2D eigenvalue weighted by Crippen LogP contribution is 2.14. The third-order valence-electron chi connectivity index (χ3n) is 3.86. The van der Waals surface area contributed by atoms with E-state index in [1.807, 2.05) is 6.07 Å². The summed E-state index contributed by atoms with van der Waals surface area (Å²) in [5, 5.41) is 3.47. The zero-order valence-corrected chi connectivity index (χ0v) is 12.5. The van der Waals surface area contributed by atoms with Crippen molar-refractivity contribution in [3.63, 3.8) is 0 Å². The second-order valence-electron chi connectivity index (χ2n) is 5.23. The van der Waals surface area contributed by atoms with E-state index in [4.69, 9.17) is 0 Å². The summed E-state index contributed by atoms with van der Waals surface area (Å²) >= 11 is 0. The molecule has 0 atom stereocenters. The molecule has 2 aromatic carbocycles. The van der Waals surface area contributed by atoms with Crippen LogP contribution in [0.5, 0.6) is 0 Å². The average Bonchev–Trinajstić information content (AvgIpc) is 2.80. The lowest BCUT2D eigenvalue weighted by Gasteiger charge is -2.05. The Bertz CT molecular complexity index is 912. The minimum atomic E-state index is 1.03. The van der Waals surface area contributed by atoms with Crippen molar-refractivity contribution in [2.24, 2.45) is 0 Å². The van der Waals surface area contributed by atoms with Gasteiger partial charge >= 0.3 is 0 Å². The predicted octanol–water partition coefficient (Wildman–Crippen LogP) is 3.79. The van der Waals surface area contributed by atoms with Crippen LogP contribution >= 0.6 is 0 Å². The number of para-hydroxylation sites is 2. The predicted molar refractivity (Wildman–Crippen MR) is 91.9 cm³/mol. The molecule has 0 fully saturated rings. The number of hydrogen-bond acceptors (Lipinski definition) is 0. The van der Waals surface area contributed by atoms with Crippen LogP contribution in [0.3, 0.4) is 0 Å². The van der Waals surface area contributed by atoms with Crippen molar-refractivity contribution in [1.29, 1.82) is 0 Å². The smallest absolute Gasteiger partial charge is 0.0540 e. The molecule has 104 valence electrons. The molecule has 3 aromatic rings. The van der Waals surface area contributed by atoms with Crippen molar-refractivity contribution in [3.8, 4) is 5.69 Å². The SMILES string of the molecule is C=c1/c(=C\C(C)=C/C)c2ccccc2n1-c1ccccc1. The van der Waals surface area contributed by atoms with E-state index >= 15 is 0 Å². The summed E-state index contributed by atoms with van der Waals surface area (Å²) in [7, 11) is 0. The van der Waals surface area contributed by atoms with Gasteiger partial charge < -0.3 is 4.57 Å². The summed E-state index contributed by atoms with van der Waals surface area (Å²) in [5.74, 6) is 0. The first-order valence-electron chi connectivity index (χ1n) is 7.21. The first-order valence-corrected chi connectivity index (χ1v) is 7.21. The monoisotopic (exact) mass is 273 g/mol. The van der Waals surface area contributed by atoms with Gasteiger partial charge in [0.25, 0.3) is 0 Å². The highest BCUT2D eigenvalue weighted by atomic mass is 15.0. The van der Waals surface area contributed by atoms with Crippen molar-refractivity contribution in [3.05, 3.63) is 76.8 Å². The Labute approximate surface area is 125 Å². The molecular formula is C20H19N. The van der Waals surface area contributed by atoms with Gasteiger partial charge in [0.05, 0.1) is 5.52 Å². The number of allylic oxidation sites excluding steroid dienone is 2. The molecule has 0 saturated carbocycles. The summed E-state index contributed by atoms with van der Waals surface area (Å²) in [6, 6.07) is 18.9. The fraction of sp³-hybridized carbons (Fsp3) is 0.100. The zero-order chi connectivity index (χ0) is 14.8. The largest absolute Gasteiger partial charge is 0.310 e. The van der Waals surface area contributed by atoms with Gasteiger partial charge in [0.1, 0.15) is 0 Å². The maximum atomic E-state index is 4.33. The van der Waals surface area contributed by atoms with Crippen molar-refractivity contribution < 1.29 is 0 Å². The summed E-state index contributed by atoms with van der Waals surface area (Å²) < 4.78 is 2.23. The number of fused-ring (bicyclic) bond motifs is 1. The Hall–Kier alpha value is -2.54. The van der Waals surface area contributed by atoms with E-state index in [1.54, 1.807) is 0 Å². The number of aromatic nitrogens is 1. The summed E-state index contributed by atoms with van der Waals surface area (Å²) in [5.41, 5.74) is 3.59. The van der Waals surface area contributed by atoms with Crippen molar-refractivity contribution >= 4 is 23.6 Å². The summed E-state index contributed by atoms with van der Waals surface area (Å²) in [6.45, 7) is 8.51. The van der Waals surface area contributed by atoms with Gasteiger partial charge in [0.2, 0.25) is 0 Å². The number of rotatable bonds is 2. The molecule has 1 nitrogen and oxygen atoms in total. The van der Waals surface area contributed by atoms with Gasteiger partial charge in [-0.3, -0.25) is 0 Å². The van der Waals surface area contributed by atoms with Crippen LogP contribution in [0.1, 0.15) is 13.8 Å². The molecule has 0 bridgehead atoms. The van der Waals surface area contributed by atoms with Crippen LogP contribution in [0.4, 0.5) is 0 Å². The Morgan fingerprint density at radius 3 is 2.38 bits per heavy atom. The van der Waals surface area contributed by atoms with Gasteiger partial charge in [-0.15, -0.1) is 0 Å². The third kappa shape index (κ3) is 2.31. The van der Waals surface area contributed by atoms with E-state index < -0.39 is 0 Å². The van der Waals surface area contributed by atoms with Crippen LogP contribution in [-0.2, 0) is 0 Å². The Balaban J connectivity index is 2.46. The summed E-state index contributed by atoms with van der Waals surface area (Å²) in [6.07, 6.45) is 4.33. The highest BCUT2D eigenvalue weighted by Gasteiger charge is 2.07. The molecule has 0 saturated heterocycles. The fourth-order valence-electron chi connectivity index (χ4n) is 2.66. The average molecular weight is 273 g/mol. The topological polar surface area (TPSA) is 4.93 Å². The lowest BCUT2D eigenvalue weighted by atomic mass is 10.2. The van der Waals surface area contributed by atoms with Crippen LogP contribution in [0.25, 0.3) is 29.2 Å². The molecule has 0 radical (unpaired) electrons. The molecule has 0 aliphatic heterocycles. The van der Waals surface area contributed by atoms with Gasteiger partial charge in [-0.2, -0.15) is 0 Å². The standard InChI is InChI=1S/C20H19N/c1-4-15(2)14-19-16(3)21(17-10-6-5-7-11-17)20-13-9-8-12-18(19)20/h4-14H,3H2,1-2H3/b15-4-,19-14+. The molecular weight excluding hydrogens is 254 g/mol. The second-order valence-corrected chi connectivity index (χ2v) is 5.23. The van der Waals surface area contributed by atoms with Gasteiger partial charge in [-0.1, -0.05) is 54.6 Å². The fourth-order valence-corrected chi connectivity index (χ4v) is 2.66. The van der Waals surface area contributed by atoms with E-state index in [1.165, 1.54) is 21.7 Å². The number of nitrogens with zero attached hydrogens (tertiary/aromatic N) is 1. The second kappa shape index (κ2) is 5.45. The molecule has 1 aromatic heterocycles. The van der Waals surface area contributed by atoms with Gasteiger partial charge in [-0.25, -0.2) is 0 Å². The molecule has 0 unspecified atom stereocenters. The van der Waals surface area contributed by atoms with Crippen molar-refractivity contribution in [2.45, 2.75) is 13.8 Å². The minimum absolute atomic E-state index is 1.03. The van der Waals surface area contributed by atoms with Gasteiger partial charge in [0, 0.05) is 21.6 Å². The van der Waals surface area contributed by atoms with E-state index in [9.17, 15) is 0 Å². The third-order valence-corrected chi connectivity index (χ3v) is 3.86. The minimum Gasteiger partial charge on any atom is -0.310 e. The first-order chi connectivity index (χ1) is 10.2. The van der Waals surface area contributed by atoms with Crippen LogP contribution < -0.4 is 10.6 Å². The maximum absolute atomic E-state index is 4.33. The zero-order valence-electron chi connectivity index (χ0n) is 12.5. The molecule has 1 heteroatoms. The Morgan fingerprint density at radius 1 is 1.00 bits per heavy atom. The van der Waals surface area contributed by atoms with Crippen LogP contribution in [-0.4, -0.2) is 4.57 Å². The van der Waals surface area contributed by atoms with Gasteiger partial charge in [0.15, 0.2) is 0 Å². The highest BCUT2D eigenvalue weighted by molar-refractivity contribution is 5.84. The number of benzene rings is 2. The van der Waals surface area contributed by atoms with Crippen LogP contribution in [0.15, 0.2) is 66.2 Å². The van der Waals surface area contributed by atoms with Gasteiger partial charge in [-0.05, 0) is 38.1 Å². The van der Waals surface area contributed by atoms with Crippen LogP contribution in [0, 0.1) is 0 Å². The van der Waals surface area contributed by atoms with Crippen molar-refractivity contribution in [1.82, 2.24) is 4.57 Å². The molecule has 0 aliphatic carbocycles. The van der Waals surface area contributed by atoms with E-state index in [-0.39, 0.29) is 0 Å². The van der Waals surface area contributed by atoms with E-state index in [2.05, 4.69) is 85.7 Å². The summed E-state index contributed by atoms with van der Waals surface area (Å²) in [4.78, 5) is 0. The Kier molecular flexibility index (Phi) is 3.49. The molecule has 0 aliphatic rings. The Morgan fingerprint density at radius 2 is 1.67 bits per heavy atom. The molecule has 0 N–H and O–H groups in total. The number of hydrogen-bond donors (Lipinski definition) is 0. The molecule has 21 heavy (non-hydrogen) atoms. The molecule has 3 rings (SSSR count). The normalized spacial score (nSPS) is 13.0. The van der Waals surface area contributed by atoms with Crippen molar-refractivity contribution in [2.75, 3.05) is 0 Å². The molecule has 1 heterocycles. The first kappa shape index (κ1) is 13.4. The lowest BCUT2D eigenvalue weighted by Crippen LogP contribution is -2.26. The molecule has 0 spiro atoms.